The molecule has 2 aromatic rings. The lowest BCUT2D eigenvalue weighted by Gasteiger charge is -2.10. The van der Waals surface area contributed by atoms with E-state index in [9.17, 15) is 0 Å². The van der Waals surface area contributed by atoms with Gasteiger partial charge < -0.3 is 4.74 Å². The quantitative estimate of drug-likeness (QED) is 0.587. The molecule has 0 N–H and O–H groups in total. The van der Waals surface area contributed by atoms with E-state index in [1.165, 1.54) is 12.0 Å². The van der Waals surface area contributed by atoms with E-state index in [-0.39, 0.29) is 0 Å². The van der Waals surface area contributed by atoms with Gasteiger partial charge in [0.15, 0.2) is 0 Å². The molecule has 0 aromatic heterocycles. The van der Waals surface area contributed by atoms with Crippen molar-refractivity contribution in [2.45, 2.75) is 33.1 Å². The number of unbranched alkanes of at least 4 members (excludes halogenated alkanes) is 1. The average Bonchev–Trinajstić information content (AvgIpc) is 2.53. The molecule has 0 fully saturated rings. The first-order valence-electron chi connectivity index (χ1n) is 7.56. The van der Waals surface area contributed by atoms with E-state index < -0.39 is 0 Å². The second kappa shape index (κ2) is 8.20. The second-order valence-electron chi connectivity index (χ2n) is 4.86. The van der Waals surface area contributed by atoms with E-state index in [1.54, 1.807) is 0 Å². The minimum atomic E-state index is 0.685. The highest BCUT2D eigenvalue weighted by molar-refractivity contribution is 5.48. The van der Waals surface area contributed by atoms with Crippen LogP contribution in [0.4, 0.5) is 11.4 Å². The van der Waals surface area contributed by atoms with Crippen LogP contribution in [-0.2, 0) is 6.42 Å². The molecule has 0 bridgehead atoms. The fourth-order valence-corrected chi connectivity index (χ4v) is 2.10. The van der Waals surface area contributed by atoms with Gasteiger partial charge >= 0.3 is 0 Å². The number of nitrogens with zero attached hydrogens (tertiary/aromatic N) is 2. The third kappa shape index (κ3) is 4.71. The average molecular weight is 282 g/mol. The fraction of sp³-hybridized carbons (Fsp3) is 0.333. The Labute approximate surface area is 126 Å². The summed E-state index contributed by atoms with van der Waals surface area (Å²) in [5.74, 6) is 0.963. The first kappa shape index (κ1) is 15.2. The Morgan fingerprint density at radius 1 is 0.905 bits per heavy atom. The summed E-state index contributed by atoms with van der Waals surface area (Å²) >= 11 is 0. The molecule has 0 amide bonds. The van der Waals surface area contributed by atoms with Crippen molar-refractivity contribution in [2.75, 3.05) is 6.61 Å². The van der Waals surface area contributed by atoms with E-state index in [4.69, 9.17) is 4.74 Å². The number of ether oxygens (including phenoxy) is 1. The van der Waals surface area contributed by atoms with Crippen molar-refractivity contribution < 1.29 is 4.74 Å². The lowest BCUT2D eigenvalue weighted by molar-refractivity contribution is 0.336. The molecule has 0 atom stereocenters. The first-order chi connectivity index (χ1) is 10.3. The Bertz CT molecular complexity index is 579. The number of benzene rings is 2. The lowest BCUT2D eigenvalue weighted by atomic mass is 10.1. The van der Waals surface area contributed by atoms with Crippen molar-refractivity contribution in [3.63, 3.8) is 0 Å². The topological polar surface area (TPSA) is 34.0 Å². The summed E-state index contributed by atoms with van der Waals surface area (Å²) in [5, 5.41) is 8.57. The summed E-state index contributed by atoms with van der Waals surface area (Å²) in [4.78, 5) is 0. The number of hydrogen-bond donors (Lipinski definition) is 0. The Morgan fingerprint density at radius 3 is 2.38 bits per heavy atom. The summed E-state index contributed by atoms with van der Waals surface area (Å²) in [6, 6.07) is 15.8. The molecule has 0 aliphatic carbocycles. The van der Waals surface area contributed by atoms with E-state index in [2.05, 4.69) is 23.2 Å². The van der Waals surface area contributed by atoms with E-state index in [0.717, 1.165) is 30.0 Å². The van der Waals surface area contributed by atoms with Gasteiger partial charge in [0.25, 0.3) is 0 Å². The number of azo groups is 1. The lowest BCUT2D eigenvalue weighted by Crippen LogP contribution is -1.96. The van der Waals surface area contributed by atoms with Crippen LogP contribution in [0.3, 0.4) is 0 Å². The Morgan fingerprint density at radius 2 is 1.67 bits per heavy atom. The fourth-order valence-electron chi connectivity index (χ4n) is 2.10. The Hall–Kier alpha value is -2.16. The molecule has 2 rings (SSSR count). The van der Waals surface area contributed by atoms with Gasteiger partial charge in [0, 0.05) is 0 Å². The zero-order valence-electron chi connectivity index (χ0n) is 12.7. The van der Waals surface area contributed by atoms with Crippen molar-refractivity contribution >= 4 is 11.4 Å². The standard InChI is InChI=1S/C18H22N2O/c1-3-5-9-15-14-17(12-13-18(15)21-4-2)20-19-16-10-7-6-8-11-16/h6-8,10-14H,3-5,9H2,1-2H3. The van der Waals surface area contributed by atoms with Crippen molar-refractivity contribution in [1.29, 1.82) is 0 Å². The van der Waals surface area contributed by atoms with Crippen molar-refractivity contribution in [1.82, 2.24) is 0 Å². The molecule has 110 valence electrons. The van der Waals surface area contributed by atoms with Crippen LogP contribution in [0.25, 0.3) is 0 Å². The number of hydrogen-bond acceptors (Lipinski definition) is 3. The summed E-state index contributed by atoms with van der Waals surface area (Å²) in [5.41, 5.74) is 2.94. The minimum Gasteiger partial charge on any atom is -0.494 e. The predicted molar refractivity (Wildman–Crippen MR) is 86.8 cm³/mol. The Balaban J connectivity index is 2.18. The maximum Gasteiger partial charge on any atom is 0.122 e. The van der Waals surface area contributed by atoms with Gasteiger partial charge in [-0.2, -0.15) is 10.2 Å². The van der Waals surface area contributed by atoms with Crippen LogP contribution in [0.15, 0.2) is 58.8 Å². The van der Waals surface area contributed by atoms with Crippen LogP contribution in [0.5, 0.6) is 5.75 Å². The normalized spacial score (nSPS) is 11.0. The van der Waals surface area contributed by atoms with Gasteiger partial charge in [-0.25, -0.2) is 0 Å². The molecule has 0 spiro atoms. The molecule has 3 heteroatoms. The summed E-state index contributed by atoms with van der Waals surface area (Å²) in [6.45, 7) is 4.88. The maximum atomic E-state index is 5.68. The summed E-state index contributed by atoms with van der Waals surface area (Å²) < 4.78 is 5.68. The molecule has 2 aromatic carbocycles. The van der Waals surface area contributed by atoms with Gasteiger partial charge in [-0.05, 0) is 55.7 Å². The smallest absolute Gasteiger partial charge is 0.122 e. The third-order valence-corrected chi connectivity index (χ3v) is 3.18. The highest BCUT2D eigenvalue weighted by Crippen LogP contribution is 2.27. The van der Waals surface area contributed by atoms with Gasteiger partial charge in [-0.1, -0.05) is 31.5 Å². The number of rotatable bonds is 7. The van der Waals surface area contributed by atoms with E-state index >= 15 is 0 Å². The van der Waals surface area contributed by atoms with Crippen LogP contribution in [0, 0.1) is 0 Å². The Kier molecular flexibility index (Phi) is 5.95. The van der Waals surface area contributed by atoms with Gasteiger partial charge in [0.1, 0.15) is 5.75 Å². The molecule has 0 unspecified atom stereocenters. The molecule has 0 aliphatic rings. The maximum absolute atomic E-state index is 5.68. The molecule has 21 heavy (non-hydrogen) atoms. The predicted octanol–water partition coefficient (Wildman–Crippen LogP) is 5.84. The molecule has 0 saturated heterocycles. The van der Waals surface area contributed by atoms with E-state index in [1.807, 2.05) is 49.4 Å². The van der Waals surface area contributed by atoms with Gasteiger partial charge in [0.05, 0.1) is 18.0 Å². The van der Waals surface area contributed by atoms with E-state index in [0.29, 0.717) is 6.61 Å². The van der Waals surface area contributed by atoms with Crippen LogP contribution in [0.1, 0.15) is 32.3 Å². The van der Waals surface area contributed by atoms with Gasteiger partial charge in [-0.3, -0.25) is 0 Å². The molecule has 3 nitrogen and oxygen atoms in total. The molecule has 0 saturated carbocycles. The minimum absolute atomic E-state index is 0.685. The first-order valence-corrected chi connectivity index (χ1v) is 7.56. The van der Waals surface area contributed by atoms with Crippen LogP contribution in [0.2, 0.25) is 0 Å². The largest absolute Gasteiger partial charge is 0.494 e. The monoisotopic (exact) mass is 282 g/mol. The number of aryl methyl sites for hydroxylation is 1. The molecule has 0 heterocycles. The highest BCUT2D eigenvalue weighted by atomic mass is 16.5. The SMILES string of the molecule is CCCCc1cc(N=Nc2ccccc2)ccc1OCC. The molecule has 0 aliphatic heterocycles. The summed E-state index contributed by atoms with van der Waals surface area (Å²) in [6.07, 6.45) is 3.33. The van der Waals surface area contributed by atoms with Crippen molar-refractivity contribution in [3.8, 4) is 5.75 Å². The zero-order chi connectivity index (χ0) is 14.9. The van der Waals surface area contributed by atoms with Gasteiger partial charge in [0.2, 0.25) is 0 Å². The third-order valence-electron chi connectivity index (χ3n) is 3.18. The second-order valence-corrected chi connectivity index (χ2v) is 4.86. The molecular weight excluding hydrogens is 260 g/mol. The highest BCUT2D eigenvalue weighted by Gasteiger charge is 2.04. The van der Waals surface area contributed by atoms with Crippen LogP contribution >= 0.6 is 0 Å². The zero-order valence-corrected chi connectivity index (χ0v) is 12.7. The van der Waals surface area contributed by atoms with Crippen LogP contribution < -0.4 is 4.74 Å². The van der Waals surface area contributed by atoms with Gasteiger partial charge in [-0.15, -0.1) is 0 Å². The van der Waals surface area contributed by atoms with Crippen molar-refractivity contribution in [2.24, 2.45) is 10.2 Å². The van der Waals surface area contributed by atoms with Crippen molar-refractivity contribution in [3.05, 3.63) is 54.1 Å². The molecular formula is C18H22N2O. The molecule has 0 radical (unpaired) electrons. The summed E-state index contributed by atoms with van der Waals surface area (Å²) in [7, 11) is 0. The van der Waals surface area contributed by atoms with Crippen LogP contribution in [-0.4, -0.2) is 6.61 Å².